The Morgan fingerprint density at radius 3 is 2.70 bits per heavy atom. The standard InChI is InChI=1S/C20H23N3/c21-14-23-20(22)19-17(15-8-3-1-4-9-15)12-7-13-18(19)16-10-5-2-6-11-16/h1-6,8-10,12,14,16,20H,7,11,13,22H2,(H2,21,23). The van der Waals surface area contributed by atoms with Gasteiger partial charge >= 0.3 is 0 Å². The summed E-state index contributed by atoms with van der Waals surface area (Å²) in [5.74, 6) is 0.404. The van der Waals surface area contributed by atoms with Crippen molar-refractivity contribution in [2.75, 3.05) is 0 Å². The average molecular weight is 305 g/mol. The number of allylic oxidation sites excluding steroid dienone is 6. The molecule has 3 nitrogen and oxygen atoms in total. The van der Waals surface area contributed by atoms with Crippen LogP contribution in [-0.4, -0.2) is 12.5 Å². The van der Waals surface area contributed by atoms with Gasteiger partial charge in [-0.3, -0.25) is 4.99 Å². The molecule has 2 unspecified atom stereocenters. The topological polar surface area (TPSA) is 64.4 Å². The second kappa shape index (κ2) is 7.25. The molecule has 4 N–H and O–H groups in total. The Kier molecular flexibility index (Phi) is 4.89. The van der Waals surface area contributed by atoms with Gasteiger partial charge in [-0.25, -0.2) is 0 Å². The van der Waals surface area contributed by atoms with Gasteiger partial charge in [0.15, 0.2) is 0 Å². The summed E-state index contributed by atoms with van der Waals surface area (Å²) in [6, 6.07) is 10.4. The quantitative estimate of drug-likeness (QED) is 0.660. The number of benzene rings is 1. The molecule has 2 atom stereocenters. The number of rotatable bonds is 4. The number of nitrogens with two attached hydrogens (primary N) is 2. The van der Waals surface area contributed by atoms with Gasteiger partial charge in [-0.1, -0.05) is 66.3 Å². The van der Waals surface area contributed by atoms with Crippen LogP contribution in [0.1, 0.15) is 24.8 Å². The van der Waals surface area contributed by atoms with Crippen molar-refractivity contribution in [2.45, 2.75) is 25.4 Å². The summed E-state index contributed by atoms with van der Waals surface area (Å²) in [6.07, 6.45) is 15.0. The van der Waals surface area contributed by atoms with Crippen LogP contribution in [0.5, 0.6) is 0 Å². The van der Waals surface area contributed by atoms with Gasteiger partial charge in [-0.05, 0) is 36.0 Å². The maximum Gasteiger partial charge on any atom is 0.125 e. The second-order valence-electron chi connectivity index (χ2n) is 5.86. The van der Waals surface area contributed by atoms with Gasteiger partial charge < -0.3 is 11.5 Å². The molecule has 3 rings (SSSR count). The van der Waals surface area contributed by atoms with E-state index in [0.717, 1.165) is 24.8 Å². The van der Waals surface area contributed by atoms with Crippen LogP contribution >= 0.6 is 0 Å². The molecule has 1 aromatic rings. The molecule has 0 saturated carbocycles. The van der Waals surface area contributed by atoms with Crippen LogP contribution < -0.4 is 11.5 Å². The highest BCUT2D eigenvalue weighted by Crippen LogP contribution is 2.39. The van der Waals surface area contributed by atoms with Gasteiger partial charge in [0.25, 0.3) is 0 Å². The van der Waals surface area contributed by atoms with E-state index in [9.17, 15) is 0 Å². The predicted octanol–water partition coefficient (Wildman–Crippen LogP) is 3.56. The zero-order chi connectivity index (χ0) is 16.1. The van der Waals surface area contributed by atoms with Crippen molar-refractivity contribution >= 4 is 11.9 Å². The van der Waals surface area contributed by atoms with E-state index in [1.165, 1.54) is 23.0 Å². The fraction of sp³-hybridized carbons (Fsp3) is 0.250. The Hall–Kier alpha value is -2.39. The zero-order valence-electron chi connectivity index (χ0n) is 13.2. The smallest absolute Gasteiger partial charge is 0.125 e. The fourth-order valence-corrected chi connectivity index (χ4v) is 3.42. The Morgan fingerprint density at radius 2 is 2.00 bits per heavy atom. The molecule has 23 heavy (non-hydrogen) atoms. The summed E-state index contributed by atoms with van der Waals surface area (Å²) in [7, 11) is 0. The van der Waals surface area contributed by atoms with Crippen LogP contribution in [0.3, 0.4) is 0 Å². The number of aliphatic imine (C=N–C) groups is 1. The van der Waals surface area contributed by atoms with Gasteiger partial charge in [0.2, 0.25) is 0 Å². The van der Waals surface area contributed by atoms with Crippen molar-refractivity contribution < 1.29 is 0 Å². The molecular weight excluding hydrogens is 282 g/mol. The molecule has 3 heteroatoms. The van der Waals surface area contributed by atoms with E-state index >= 15 is 0 Å². The third kappa shape index (κ3) is 3.35. The third-order valence-electron chi connectivity index (χ3n) is 4.45. The molecule has 0 saturated heterocycles. The first-order valence-corrected chi connectivity index (χ1v) is 8.12. The van der Waals surface area contributed by atoms with Gasteiger partial charge in [0.05, 0.1) is 6.34 Å². The van der Waals surface area contributed by atoms with E-state index in [0.29, 0.717) is 5.92 Å². The van der Waals surface area contributed by atoms with E-state index < -0.39 is 6.17 Å². The number of nitrogens with zero attached hydrogens (tertiary/aromatic N) is 1. The maximum atomic E-state index is 6.37. The van der Waals surface area contributed by atoms with Crippen molar-refractivity contribution in [3.05, 3.63) is 77.4 Å². The lowest BCUT2D eigenvalue weighted by Gasteiger charge is -2.29. The first-order chi connectivity index (χ1) is 11.3. The SMILES string of the molecule is N/C=N\C(N)C1=C(C2C=CC=CC2)CCC=C1c1ccccc1. The van der Waals surface area contributed by atoms with E-state index in [2.05, 4.69) is 59.6 Å². The molecule has 1 aromatic carbocycles. The molecule has 0 spiro atoms. The molecule has 0 aliphatic heterocycles. The molecule has 0 heterocycles. The largest absolute Gasteiger partial charge is 0.390 e. The second-order valence-corrected chi connectivity index (χ2v) is 5.86. The highest BCUT2D eigenvalue weighted by molar-refractivity contribution is 5.82. The van der Waals surface area contributed by atoms with Crippen molar-refractivity contribution in [1.82, 2.24) is 0 Å². The van der Waals surface area contributed by atoms with E-state index in [4.69, 9.17) is 11.5 Å². The van der Waals surface area contributed by atoms with Gasteiger partial charge in [-0.15, -0.1) is 0 Å². The molecule has 0 aromatic heterocycles. The summed E-state index contributed by atoms with van der Waals surface area (Å²) < 4.78 is 0. The zero-order valence-corrected chi connectivity index (χ0v) is 13.2. The minimum Gasteiger partial charge on any atom is -0.390 e. The number of hydrogen-bond donors (Lipinski definition) is 2. The van der Waals surface area contributed by atoms with Crippen molar-refractivity contribution in [3.63, 3.8) is 0 Å². The summed E-state index contributed by atoms with van der Waals surface area (Å²) in [6.45, 7) is 0. The molecule has 0 fully saturated rings. The van der Waals surface area contributed by atoms with Crippen LogP contribution in [0.4, 0.5) is 0 Å². The molecule has 2 aliphatic carbocycles. The minimum atomic E-state index is -0.416. The van der Waals surface area contributed by atoms with Gasteiger partial charge in [-0.2, -0.15) is 0 Å². The first-order valence-electron chi connectivity index (χ1n) is 8.12. The normalized spacial score (nSPS) is 22.5. The molecule has 118 valence electrons. The molecule has 2 aliphatic rings. The summed E-state index contributed by atoms with van der Waals surface area (Å²) in [5, 5.41) is 0. The van der Waals surface area contributed by atoms with Crippen molar-refractivity contribution in [2.24, 2.45) is 22.4 Å². The lowest BCUT2D eigenvalue weighted by atomic mass is 9.78. The summed E-state index contributed by atoms with van der Waals surface area (Å²) in [4.78, 5) is 4.26. The molecule has 0 radical (unpaired) electrons. The molecule has 0 amide bonds. The van der Waals surface area contributed by atoms with Crippen LogP contribution in [0.25, 0.3) is 5.57 Å². The van der Waals surface area contributed by atoms with Crippen LogP contribution in [0.2, 0.25) is 0 Å². The first kappa shape index (κ1) is 15.5. The van der Waals surface area contributed by atoms with Gasteiger partial charge in [0, 0.05) is 5.92 Å². The lowest BCUT2D eigenvalue weighted by molar-refractivity contribution is 0.679. The predicted molar refractivity (Wildman–Crippen MR) is 97.7 cm³/mol. The monoisotopic (exact) mass is 305 g/mol. The Labute approximate surface area is 137 Å². The van der Waals surface area contributed by atoms with Crippen LogP contribution in [0.15, 0.2) is 76.9 Å². The highest BCUT2D eigenvalue weighted by atomic mass is 15.0. The van der Waals surface area contributed by atoms with E-state index in [1.807, 2.05) is 6.07 Å². The maximum absolute atomic E-state index is 6.37. The minimum absolute atomic E-state index is 0.404. The summed E-state index contributed by atoms with van der Waals surface area (Å²) >= 11 is 0. The number of hydrogen-bond acceptors (Lipinski definition) is 2. The molecule has 0 bridgehead atoms. The Balaban J connectivity index is 2.08. The van der Waals surface area contributed by atoms with E-state index in [-0.39, 0.29) is 0 Å². The third-order valence-corrected chi connectivity index (χ3v) is 4.45. The van der Waals surface area contributed by atoms with Gasteiger partial charge in [0.1, 0.15) is 6.17 Å². The van der Waals surface area contributed by atoms with Crippen LogP contribution in [-0.2, 0) is 0 Å². The van der Waals surface area contributed by atoms with Crippen molar-refractivity contribution in [1.29, 1.82) is 0 Å². The fourth-order valence-electron chi connectivity index (χ4n) is 3.42. The average Bonchev–Trinajstić information content (AvgIpc) is 2.63. The summed E-state index contributed by atoms with van der Waals surface area (Å²) in [5.41, 5.74) is 16.8. The highest BCUT2D eigenvalue weighted by Gasteiger charge is 2.26. The van der Waals surface area contributed by atoms with Crippen molar-refractivity contribution in [3.8, 4) is 0 Å². The molecular formula is C20H23N3. The van der Waals surface area contributed by atoms with Crippen LogP contribution in [0, 0.1) is 5.92 Å². The Morgan fingerprint density at radius 1 is 1.17 bits per heavy atom. The van der Waals surface area contributed by atoms with E-state index in [1.54, 1.807) is 0 Å². The lowest BCUT2D eigenvalue weighted by Crippen LogP contribution is -2.26. The Bertz CT molecular complexity index is 693.